The van der Waals surface area contributed by atoms with Gasteiger partial charge in [0.05, 0.1) is 17.9 Å². The van der Waals surface area contributed by atoms with Gasteiger partial charge in [-0.15, -0.1) is 0 Å². The summed E-state index contributed by atoms with van der Waals surface area (Å²) in [6.07, 6.45) is 3.63. The summed E-state index contributed by atoms with van der Waals surface area (Å²) in [6.45, 7) is 3.35. The summed E-state index contributed by atoms with van der Waals surface area (Å²) in [5, 5.41) is 19.4. The molecule has 0 unspecified atom stereocenters. The molecular weight excluding hydrogens is 260 g/mol. The Balaban J connectivity index is 1.79. The van der Waals surface area contributed by atoms with Crippen molar-refractivity contribution in [1.82, 2.24) is 20.3 Å². The van der Waals surface area contributed by atoms with E-state index < -0.39 is 5.97 Å². The molecule has 0 aromatic carbocycles. The van der Waals surface area contributed by atoms with Gasteiger partial charge in [0.25, 0.3) is 0 Å². The van der Waals surface area contributed by atoms with Crippen molar-refractivity contribution in [2.75, 3.05) is 6.54 Å². The molecule has 0 amide bonds. The van der Waals surface area contributed by atoms with Crippen LogP contribution in [0.25, 0.3) is 0 Å². The fourth-order valence-corrected chi connectivity index (χ4v) is 2.71. The number of hydrogen-bond donors (Lipinski definition) is 2. The molecule has 2 aromatic heterocycles. The van der Waals surface area contributed by atoms with Crippen molar-refractivity contribution >= 4 is 5.97 Å². The largest absolute Gasteiger partial charge is 0.477 e. The van der Waals surface area contributed by atoms with Crippen LogP contribution >= 0.6 is 0 Å². The van der Waals surface area contributed by atoms with E-state index in [0.29, 0.717) is 12.1 Å². The van der Waals surface area contributed by atoms with Crippen LogP contribution in [0.15, 0.2) is 16.8 Å². The zero-order valence-electron chi connectivity index (χ0n) is 11.2. The molecular formula is C13H16N4O3. The molecule has 1 aliphatic rings. The van der Waals surface area contributed by atoms with E-state index in [1.165, 1.54) is 0 Å². The van der Waals surface area contributed by atoms with Crippen LogP contribution in [0, 0.1) is 6.92 Å². The summed E-state index contributed by atoms with van der Waals surface area (Å²) in [4.78, 5) is 13.3. The Kier molecular flexibility index (Phi) is 3.27. The van der Waals surface area contributed by atoms with Crippen LogP contribution < -0.4 is 0 Å². The maximum Gasteiger partial charge on any atom is 0.354 e. The number of aromatic nitrogens is 3. The lowest BCUT2D eigenvalue weighted by molar-refractivity contribution is 0.0687. The lowest BCUT2D eigenvalue weighted by atomic mass is 10.1. The summed E-state index contributed by atoms with van der Waals surface area (Å²) < 4.78 is 5.34. The summed E-state index contributed by atoms with van der Waals surface area (Å²) >= 11 is 0. The van der Waals surface area contributed by atoms with Gasteiger partial charge in [0.15, 0.2) is 5.76 Å². The fraction of sp³-hybridized carbons (Fsp3) is 0.462. The molecule has 1 fully saturated rings. The topological polar surface area (TPSA) is 95.2 Å². The van der Waals surface area contributed by atoms with Crippen LogP contribution in [0.1, 0.15) is 46.4 Å². The third kappa shape index (κ3) is 2.32. The molecule has 3 heterocycles. The third-order valence-corrected chi connectivity index (χ3v) is 3.64. The number of H-pyrrole nitrogens is 1. The predicted octanol–water partition coefficient (Wildman–Crippen LogP) is 1.74. The van der Waals surface area contributed by atoms with Gasteiger partial charge < -0.3 is 9.63 Å². The minimum Gasteiger partial charge on any atom is -0.477 e. The van der Waals surface area contributed by atoms with Crippen molar-refractivity contribution in [1.29, 1.82) is 0 Å². The Bertz CT molecular complexity index is 619. The van der Waals surface area contributed by atoms with E-state index in [1.807, 2.05) is 13.0 Å². The maximum absolute atomic E-state index is 11.1. The Morgan fingerprint density at radius 2 is 2.50 bits per heavy atom. The number of carboxylic acid groups (broad SMARTS) is 1. The Morgan fingerprint density at radius 3 is 3.20 bits per heavy atom. The van der Waals surface area contributed by atoms with Gasteiger partial charge in [-0.05, 0) is 26.3 Å². The van der Waals surface area contributed by atoms with Gasteiger partial charge in [0.2, 0.25) is 0 Å². The molecule has 0 radical (unpaired) electrons. The molecule has 20 heavy (non-hydrogen) atoms. The summed E-state index contributed by atoms with van der Waals surface area (Å²) in [5.41, 5.74) is 1.71. The molecule has 7 nitrogen and oxygen atoms in total. The quantitative estimate of drug-likeness (QED) is 0.883. The van der Waals surface area contributed by atoms with Crippen LogP contribution in [0.5, 0.6) is 0 Å². The second-order valence-electron chi connectivity index (χ2n) is 5.07. The molecule has 0 aliphatic carbocycles. The lowest BCUT2D eigenvalue weighted by Gasteiger charge is -2.21. The molecule has 1 saturated heterocycles. The normalized spacial score (nSPS) is 19.6. The predicted molar refractivity (Wildman–Crippen MR) is 69.2 cm³/mol. The molecule has 1 atom stereocenters. The number of carbonyl (C=O) groups is 1. The van der Waals surface area contributed by atoms with Crippen molar-refractivity contribution in [2.24, 2.45) is 0 Å². The first-order valence-electron chi connectivity index (χ1n) is 6.58. The Hall–Kier alpha value is -2.15. The molecule has 0 bridgehead atoms. The molecule has 1 aliphatic heterocycles. The van der Waals surface area contributed by atoms with E-state index in [9.17, 15) is 4.79 Å². The van der Waals surface area contributed by atoms with Crippen molar-refractivity contribution in [3.8, 4) is 0 Å². The van der Waals surface area contributed by atoms with E-state index in [-0.39, 0.29) is 11.7 Å². The van der Waals surface area contributed by atoms with Gasteiger partial charge in [-0.1, -0.05) is 5.16 Å². The zero-order chi connectivity index (χ0) is 14.1. The van der Waals surface area contributed by atoms with E-state index in [2.05, 4.69) is 20.3 Å². The third-order valence-electron chi connectivity index (χ3n) is 3.64. The zero-order valence-corrected chi connectivity index (χ0v) is 11.2. The molecule has 7 heteroatoms. The summed E-state index contributed by atoms with van der Waals surface area (Å²) in [7, 11) is 0. The maximum atomic E-state index is 11.1. The highest BCUT2D eigenvalue weighted by atomic mass is 16.5. The Morgan fingerprint density at radius 1 is 1.65 bits per heavy atom. The van der Waals surface area contributed by atoms with Crippen LogP contribution in [0.4, 0.5) is 0 Å². The van der Waals surface area contributed by atoms with Crippen LogP contribution in [-0.4, -0.2) is 37.9 Å². The first-order chi connectivity index (χ1) is 9.65. The molecule has 3 rings (SSSR count). The van der Waals surface area contributed by atoms with Gasteiger partial charge in [-0.3, -0.25) is 10.00 Å². The molecule has 106 valence electrons. The smallest absolute Gasteiger partial charge is 0.354 e. The highest BCUT2D eigenvalue weighted by Gasteiger charge is 2.30. The summed E-state index contributed by atoms with van der Waals surface area (Å²) in [5.74, 6) is -0.135. The number of aromatic amines is 1. The van der Waals surface area contributed by atoms with Crippen molar-refractivity contribution in [3.63, 3.8) is 0 Å². The number of nitrogens with zero attached hydrogens (tertiary/aromatic N) is 3. The minimum absolute atomic E-state index is 0.157. The lowest BCUT2D eigenvalue weighted by Crippen LogP contribution is -2.23. The standard InChI is InChI=1S/C13H16N4O3/c1-8-5-11(20-16-8)10-3-2-4-17(10)7-9-6-14-15-12(9)13(18)19/h5-6,10H,2-4,7H2,1H3,(H,14,15)(H,18,19)/t10-/m1/s1. The van der Waals surface area contributed by atoms with Crippen molar-refractivity contribution < 1.29 is 14.4 Å². The first-order valence-corrected chi connectivity index (χ1v) is 6.58. The average Bonchev–Trinajstić information content (AvgIpc) is 3.09. The number of aromatic carboxylic acids is 1. The SMILES string of the molecule is Cc1cc([C@H]2CCCN2Cc2cn[nH]c2C(=O)O)on1. The van der Waals surface area contributed by atoms with E-state index in [0.717, 1.165) is 30.8 Å². The first kappa shape index (κ1) is 12.9. The Labute approximate surface area is 115 Å². The van der Waals surface area contributed by atoms with E-state index in [1.54, 1.807) is 6.20 Å². The van der Waals surface area contributed by atoms with Crippen molar-refractivity contribution in [2.45, 2.75) is 32.4 Å². The van der Waals surface area contributed by atoms with E-state index in [4.69, 9.17) is 9.63 Å². The number of nitrogens with one attached hydrogen (secondary N) is 1. The molecule has 2 aromatic rings. The second kappa shape index (κ2) is 5.09. The number of likely N-dealkylation sites (tertiary alicyclic amines) is 1. The van der Waals surface area contributed by atoms with Crippen LogP contribution in [-0.2, 0) is 6.54 Å². The number of aryl methyl sites for hydroxylation is 1. The highest BCUT2D eigenvalue weighted by Crippen LogP contribution is 2.33. The summed E-state index contributed by atoms with van der Waals surface area (Å²) in [6, 6.07) is 2.10. The fourth-order valence-electron chi connectivity index (χ4n) is 2.71. The monoisotopic (exact) mass is 276 g/mol. The minimum atomic E-state index is -0.983. The van der Waals surface area contributed by atoms with E-state index >= 15 is 0 Å². The van der Waals surface area contributed by atoms with Gasteiger partial charge in [-0.25, -0.2) is 4.79 Å². The highest BCUT2D eigenvalue weighted by molar-refractivity contribution is 5.86. The van der Waals surface area contributed by atoms with Gasteiger partial charge in [-0.2, -0.15) is 5.10 Å². The number of carboxylic acids is 1. The van der Waals surface area contributed by atoms with Gasteiger partial charge in [0, 0.05) is 18.2 Å². The van der Waals surface area contributed by atoms with Crippen molar-refractivity contribution in [3.05, 3.63) is 35.0 Å². The van der Waals surface area contributed by atoms with Crippen LogP contribution in [0.3, 0.4) is 0 Å². The molecule has 0 spiro atoms. The second-order valence-corrected chi connectivity index (χ2v) is 5.07. The number of hydrogen-bond acceptors (Lipinski definition) is 5. The average molecular weight is 276 g/mol. The molecule has 2 N–H and O–H groups in total. The van der Waals surface area contributed by atoms with Gasteiger partial charge >= 0.3 is 5.97 Å². The molecule has 0 saturated carbocycles. The van der Waals surface area contributed by atoms with Gasteiger partial charge in [0.1, 0.15) is 5.69 Å². The van der Waals surface area contributed by atoms with Crippen LogP contribution in [0.2, 0.25) is 0 Å². The number of rotatable bonds is 4.